The Morgan fingerprint density at radius 2 is 2.17 bits per heavy atom. The van der Waals surface area contributed by atoms with Gasteiger partial charge in [0.05, 0.1) is 5.39 Å². The Morgan fingerprint density at radius 3 is 2.96 bits per heavy atom. The van der Waals surface area contributed by atoms with Gasteiger partial charge in [-0.2, -0.15) is 5.10 Å². The van der Waals surface area contributed by atoms with E-state index in [9.17, 15) is 9.90 Å². The van der Waals surface area contributed by atoms with Gasteiger partial charge >= 0.3 is 0 Å². The number of hydrogen-bond donors (Lipinski definition) is 4. The largest absolute Gasteiger partial charge is 0.379 e. The zero-order valence-corrected chi connectivity index (χ0v) is 14.2. The molecule has 1 aliphatic rings. The SMILES string of the molecule is CCC(O)NC1CCCC(Nc2n[nH]c(=O)c3ccc(C)nc23)C1. The third-order valence-electron chi connectivity index (χ3n) is 4.60. The molecule has 7 heteroatoms. The van der Waals surface area contributed by atoms with E-state index < -0.39 is 6.23 Å². The summed E-state index contributed by atoms with van der Waals surface area (Å²) in [6, 6.07) is 4.14. The van der Waals surface area contributed by atoms with E-state index in [1.807, 2.05) is 19.9 Å². The Bertz CT molecular complexity index is 760. The lowest BCUT2D eigenvalue weighted by molar-refractivity contribution is 0.108. The molecular formula is C17H25N5O2. The summed E-state index contributed by atoms with van der Waals surface area (Å²) in [6.45, 7) is 3.86. The maximum atomic E-state index is 11.9. The predicted octanol–water partition coefficient (Wildman–Crippen LogP) is 1.67. The van der Waals surface area contributed by atoms with Crippen molar-refractivity contribution < 1.29 is 5.11 Å². The first-order chi connectivity index (χ1) is 11.6. The molecular weight excluding hydrogens is 306 g/mol. The minimum atomic E-state index is -0.454. The maximum Gasteiger partial charge on any atom is 0.273 e. The fourth-order valence-corrected chi connectivity index (χ4v) is 3.30. The molecule has 4 N–H and O–H groups in total. The summed E-state index contributed by atoms with van der Waals surface area (Å²) in [4.78, 5) is 16.4. The maximum absolute atomic E-state index is 11.9. The summed E-state index contributed by atoms with van der Waals surface area (Å²) in [6.07, 6.45) is 4.33. The van der Waals surface area contributed by atoms with Gasteiger partial charge in [0.2, 0.25) is 0 Å². The summed E-state index contributed by atoms with van der Waals surface area (Å²) in [5, 5.41) is 23.7. The van der Waals surface area contributed by atoms with Gasteiger partial charge in [0, 0.05) is 17.8 Å². The third-order valence-corrected chi connectivity index (χ3v) is 4.60. The first-order valence-electron chi connectivity index (χ1n) is 8.63. The van der Waals surface area contributed by atoms with Gasteiger partial charge in [-0.25, -0.2) is 10.1 Å². The normalized spacial score (nSPS) is 22.5. The fraction of sp³-hybridized carbons (Fsp3) is 0.588. The van der Waals surface area contributed by atoms with Crippen molar-refractivity contribution in [3.63, 3.8) is 0 Å². The highest BCUT2D eigenvalue weighted by molar-refractivity contribution is 5.87. The molecule has 0 spiro atoms. The van der Waals surface area contributed by atoms with Crippen LogP contribution in [0.5, 0.6) is 0 Å². The summed E-state index contributed by atoms with van der Waals surface area (Å²) < 4.78 is 0. The molecule has 2 aromatic heterocycles. The summed E-state index contributed by atoms with van der Waals surface area (Å²) >= 11 is 0. The van der Waals surface area contributed by atoms with E-state index in [1.165, 1.54) is 0 Å². The predicted molar refractivity (Wildman–Crippen MR) is 94.0 cm³/mol. The van der Waals surface area contributed by atoms with Crippen molar-refractivity contribution in [1.29, 1.82) is 0 Å². The number of nitrogens with zero attached hydrogens (tertiary/aromatic N) is 2. The van der Waals surface area contributed by atoms with E-state index in [1.54, 1.807) is 6.07 Å². The van der Waals surface area contributed by atoms with Crippen LogP contribution in [0, 0.1) is 6.92 Å². The minimum Gasteiger partial charge on any atom is -0.379 e. The second-order valence-electron chi connectivity index (χ2n) is 6.55. The number of nitrogens with one attached hydrogen (secondary N) is 3. The Kier molecular flexibility index (Phi) is 5.11. The van der Waals surface area contributed by atoms with Gasteiger partial charge in [0.1, 0.15) is 11.7 Å². The molecule has 0 aliphatic heterocycles. The number of aliphatic hydroxyl groups is 1. The van der Waals surface area contributed by atoms with Gasteiger partial charge in [-0.3, -0.25) is 10.1 Å². The number of anilines is 1. The van der Waals surface area contributed by atoms with E-state index >= 15 is 0 Å². The lowest BCUT2D eigenvalue weighted by atomic mass is 9.90. The lowest BCUT2D eigenvalue weighted by Gasteiger charge is -2.32. The van der Waals surface area contributed by atoms with Crippen LogP contribution in [0.1, 0.15) is 44.7 Å². The number of hydrogen-bond acceptors (Lipinski definition) is 6. The van der Waals surface area contributed by atoms with Crippen LogP contribution in [0.15, 0.2) is 16.9 Å². The van der Waals surface area contributed by atoms with Crippen molar-refractivity contribution >= 4 is 16.7 Å². The average molecular weight is 331 g/mol. The molecule has 3 rings (SSSR count). The molecule has 1 saturated carbocycles. The van der Waals surface area contributed by atoms with Crippen LogP contribution in [0.2, 0.25) is 0 Å². The summed E-state index contributed by atoms with van der Waals surface area (Å²) in [7, 11) is 0. The molecule has 2 heterocycles. The van der Waals surface area contributed by atoms with Crippen LogP contribution in [0.25, 0.3) is 10.9 Å². The zero-order chi connectivity index (χ0) is 17.1. The standard InChI is InChI=1S/C17H25N5O2/c1-3-14(23)19-11-5-4-6-12(9-11)20-16-15-13(17(24)22-21-16)8-7-10(2)18-15/h7-8,11-12,14,19,23H,3-6,9H2,1-2H3,(H,20,21)(H,22,24). The van der Waals surface area contributed by atoms with E-state index in [0.29, 0.717) is 23.1 Å². The Hall–Kier alpha value is -1.99. The van der Waals surface area contributed by atoms with Crippen molar-refractivity contribution in [2.24, 2.45) is 0 Å². The van der Waals surface area contributed by atoms with Crippen molar-refractivity contribution in [3.05, 3.63) is 28.2 Å². The monoisotopic (exact) mass is 331 g/mol. The van der Waals surface area contributed by atoms with Crippen LogP contribution < -0.4 is 16.2 Å². The summed E-state index contributed by atoms with van der Waals surface area (Å²) in [5.74, 6) is 0.620. The molecule has 3 atom stereocenters. The first-order valence-corrected chi connectivity index (χ1v) is 8.63. The Balaban J connectivity index is 1.78. The van der Waals surface area contributed by atoms with Gasteiger partial charge in [0.25, 0.3) is 5.56 Å². The zero-order valence-electron chi connectivity index (χ0n) is 14.2. The number of fused-ring (bicyclic) bond motifs is 1. The highest BCUT2D eigenvalue weighted by Crippen LogP contribution is 2.24. The molecule has 1 fully saturated rings. The number of rotatable bonds is 5. The highest BCUT2D eigenvalue weighted by Gasteiger charge is 2.24. The van der Waals surface area contributed by atoms with Crippen LogP contribution in [-0.2, 0) is 0 Å². The smallest absolute Gasteiger partial charge is 0.273 e. The molecule has 0 saturated heterocycles. The molecule has 0 aromatic carbocycles. The van der Waals surface area contributed by atoms with Crippen molar-refractivity contribution in [3.8, 4) is 0 Å². The van der Waals surface area contributed by atoms with Crippen molar-refractivity contribution in [1.82, 2.24) is 20.5 Å². The average Bonchev–Trinajstić information content (AvgIpc) is 2.57. The quantitative estimate of drug-likeness (QED) is 0.622. The van der Waals surface area contributed by atoms with Crippen LogP contribution in [0.3, 0.4) is 0 Å². The number of aromatic nitrogens is 3. The van der Waals surface area contributed by atoms with Crippen molar-refractivity contribution in [2.45, 2.75) is 64.3 Å². The molecule has 1 aliphatic carbocycles. The fourth-order valence-electron chi connectivity index (χ4n) is 3.30. The lowest BCUT2D eigenvalue weighted by Crippen LogP contribution is -2.43. The highest BCUT2D eigenvalue weighted by atomic mass is 16.3. The van der Waals surface area contributed by atoms with Crippen LogP contribution >= 0.6 is 0 Å². The van der Waals surface area contributed by atoms with Crippen molar-refractivity contribution in [2.75, 3.05) is 5.32 Å². The first kappa shape index (κ1) is 16.9. The van der Waals surface area contributed by atoms with Gasteiger partial charge in [0.15, 0.2) is 5.82 Å². The molecule has 130 valence electrons. The number of aliphatic hydroxyl groups excluding tert-OH is 1. The van der Waals surface area contributed by atoms with Gasteiger partial charge < -0.3 is 10.4 Å². The van der Waals surface area contributed by atoms with Gasteiger partial charge in [-0.15, -0.1) is 0 Å². The summed E-state index contributed by atoms with van der Waals surface area (Å²) in [5.41, 5.74) is 1.24. The van der Waals surface area contributed by atoms with E-state index in [4.69, 9.17) is 0 Å². The van der Waals surface area contributed by atoms with Crippen LogP contribution in [-0.4, -0.2) is 38.6 Å². The molecule has 3 unspecified atom stereocenters. The van der Waals surface area contributed by atoms with Gasteiger partial charge in [-0.05, 0) is 51.2 Å². The molecule has 0 bridgehead atoms. The number of aromatic amines is 1. The molecule has 0 amide bonds. The minimum absolute atomic E-state index is 0.225. The molecule has 7 nitrogen and oxygen atoms in total. The van der Waals surface area contributed by atoms with E-state index in [-0.39, 0.29) is 17.6 Å². The number of H-pyrrole nitrogens is 1. The number of aryl methyl sites for hydroxylation is 1. The van der Waals surface area contributed by atoms with E-state index in [0.717, 1.165) is 31.4 Å². The topological polar surface area (TPSA) is 103 Å². The molecule has 0 radical (unpaired) electrons. The molecule has 2 aromatic rings. The van der Waals surface area contributed by atoms with Gasteiger partial charge in [-0.1, -0.05) is 6.92 Å². The van der Waals surface area contributed by atoms with E-state index in [2.05, 4.69) is 25.8 Å². The van der Waals surface area contributed by atoms with Crippen LogP contribution in [0.4, 0.5) is 5.82 Å². The Morgan fingerprint density at radius 1 is 1.38 bits per heavy atom. The molecule has 24 heavy (non-hydrogen) atoms. The second-order valence-corrected chi connectivity index (χ2v) is 6.55. The Labute approximate surface area is 140 Å². The number of pyridine rings is 1. The third kappa shape index (κ3) is 3.73. The second kappa shape index (κ2) is 7.27.